The number of nitrogens with zero attached hydrogens (tertiary/aromatic N) is 4. The van der Waals surface area contributed by atoms with Crippen LogP contribution in [0.1, 0.15) is 5.56 Å². The number of nitrogens with one attached hydrogen (secondary N) is 1. The molecule has 0 aliphatic carbocycles. The van der Waals surface area contributed by atoms with Gasteiger partial charge in [0, 0.05) is 17.2 Å². The van der Waals surface area contributed by atoms with Crippen molar-refractivity contribution < 1.29 is 4.79 Å². The predicted octanol–water partition coefficient (Wildman–Crippen LogP) is 2.60. The number of rotatable bonds is 3. The van der Waals surface area contributed by atoms with E-state index in [-0.39, 0.29) is 18.0 Å². The second-order valence-electron chi connectivity index (χ2n) is 5.30. The number of anilines is 1. The zero-order valence-electron chi connectivity index (χ0n) is 12.9. The van der Waals surface area contributed by atoms with Crippen LogP contribution in [0.2, 0.25) is 0 Å². The average molecular weight is 455 g/mol. The van der Waals surface area contributed by atoms with E-state index in [1.54, 1.807) is 13.1 Å². The molecule has 3 rings (SSSR count). The maximum absolute atomic E-state index is 12.5. The van der Waals surface area contributed by atoms with Gasteiger partial charge in [0.2, 0.25) is 5.91 Å². The van der Waals surface area contributed by atoms with Crippen LogP contribution in [-0.2, 0) is 18.4 Å². The van der Waals surface area contributed by atoms with Crippen molar-refractivity contribution in [3.8, 4) is 0 Å². The topological polar surface area (TPSA) is 81.8 Å². The molecule has 3 aromatic rings. The van der Waals surface area contributed by atoms with E-state index in [4.69, 9.17) is 0 Å². The van der Waals surface area contributed by atoms with Gasteiger partial charge in [0.1, 0.15) is 22.9 Å². The van der Waals surface area contributed by atoms with Crippen molar-refractivity contribution in [1.82, 2.24) is 19.3 Å². The number of fused-ring (bicyclic) bond motifs is 1. The molecule has 0 spiro atoms. The molecule has 1 aromatic carbocycles. The molecule has 2 aromatic heterocycles. The van der Waals surface area contributed by atoms with Crippen molar-refractivity contribution >= 4 is 54.5 Å². The van der Waals surface area contributed by atoms with E-state index in [9.17, 15) is 9.59 Å². The first kappa shape index (κ1) is 16.8. The Bertz CT molecular complexity index is 1010. The first-order valence-corrected chi connectivity index (χ1v) is 8.59. The van der Waals surface area contributed by atoms with Crippen LogP contribution in [0.3, 0.4) is 0 Å². The Morgan fingerprint density at radius 2 is 2.08 bits per heavy atom. The zero-order valence-corrected chi connectivity index (χ0v) is 16.0. The van der Waals surface area contributed by atoms with E-state index in [2.05, 4.69) is 47.3 Å². The molecule has 0 fully saturated rings. The van der Waals surface area contributed by atoms with Crippen LogP contribution in [-0.4, -0.2) is 25.2 Å². The highest BCUT2D eigenvalue weighted by Gasteiger charge is 2.15. The number of aryl methyl sites for hydroxylation is 2. The van der Waals surface area contributed by atoms with Crippen molar-refractivity contribution in [3.05, 3.63) is 49.5 Å². The number of amides is 1. The average Bonchev–Trinajstić information content (AvgIpc) is 2.80. The van der Waals surface area contributed by atoms with Gasteiger partial charge in [0.05, 0.1) is 0 Å². The molecule has 0 saturated carbocycles. The van der Waals surface area contributed by atoms with Gasteiger partial charge in [-0.25, -0.2) is 9.67 Å². The van der Waals surface area contributed by atoms with Crippen LogP contribution in [0, 0.1) is 6.92 Å². The van der Waals surface area contributed by atoms with Gasteiger partial charge >= 0.3 is 0 Å². The van der Waals surface area contributed by atoms with Crippen molar-refractivity contribution in [3.63, 3.8) is 0 Å². The minimum Gasteiger partial charge on any atom is -0.324 e. The lowest BCUT2D eigenvalue weighted by Gasteiger charge is -2.10. The monoisotopic (exact) mass is 453 g/mol. The van der Waals surface area contributed by atoms with E-state index in [1.165, 1.54) is 15.6 Å². The molecule has 0 atom stereocenters. The van der Waals surface area contributed by atoms with Gasteiger partial charge in [-0.1, -0.05) is 15.9 Å². The summed E-state index contributed by atoms with van der Waals surface area (Å²) in [6.07, 6.45) is 1.35. The molecule has 2 heterocycles. The molecular formula is C15H13Br2N5O2. The van der Waals surface area contributed by atoms with Gasteiger partial charge in [-0.15, -0.1) is 0 Å². The Morgan fingerprint density at radius 3 is 2.79 bits per heavy atom. The Hall–Kier alpha value is -2.00. The highest BCUT2D eigenvalue weighted by molar-refractivity contribution is 9.10. The third-order valence-electron chi connectivity index (χ3n) is 3.54. The minimum absolute atomic E-state index is 0.126. The van der Waals surface area contributed by atoms with Crippen molar-refractivity contribution in [2.75, 3.05) is 5.32 Å². The van der Waals surface area contributed by atoms with Crippen LogP contribution in [0.25, 0.3) is 11.0 Å². The van der Waals surface area contributed by atoms with Crippen LogP contribution in [0.5, 0.6) is 0 Å². The van der Waals surface area contributed by atoms with Gasteiger partial charge < -0.3 is 5.32 Å². The zero-order chi connectivity index (χ0) is 17.4. The SMILES string of the molecule is Cc1cc(Br)ccc1NC(=O)Cn1cnc2c(c(Br)nn2C)c1=O. The van der Waals surface area contributed by atoms with Crippen LogP contribution < -0.4 is 10.9 Å². The maximum atomic E-state index is 12.5. The highest BCUT2D eigenvalue weighted by atomic mass is 79.9. The Morgan fingerprint density at radius 1 is 1.33 bits per heavy atom. The van der Waals surface area contributed by atoms with Crippen LogP contribution in [0.15, 0.2) is 38.4 Å². The molecular weight excluding hydrogens is 442 g/mol. The summed E-state index contributed by atoms with van der Waals surface area (Å²) in [4.78, 5) is 29.0. The molecule has 0 aliphatic heterocycles. The summed E-state index contributed by atoms with van der Waals surface area (Å²) in [5.74, 6) is -0.302. The van der Waals surface area contributed by atoms with Crippen LogP contribution >= 0.6 is 31.9 Å². The summed E-state index contributed by atoms with van der Waals surface area (Å²) >= 11 is 6.63. The lowest BCUT2D eigenvalue weighted by Crippen LogP contribution is -2.28. The second-order valence-corrected chi connectivity index (χ2v) is 6.96. The molecule has 124 valence electrons. The summed E-state index contributed by atoms with van der Waals surface area (Å²) in [7, 11) is 1.70. The second kappa shape index (κ2) is 6.48. The van der Waals surface area contributed by atoms with Gasteiger partial charge in [-0.05, 0) is 46.6 Å². The van der Waals surface area contributed by atoms with Gasteiger partial charge in [-0.2, -0.15) is 5.10 Å². The third kappa shape index (κ3) is 3.13. The highest BCUT2D eigenvalue weighted by Crippen LogP contribution is 2.20. The molecule has 9 heteroatoms. The quantitative estimate of drug-likeness (QED) is 0.659. The van der Waals surface area contributed by atoms with Gasteiger partial charge in [-0.3, -0.25) is 14.2 Å². The summed E-state index contributed by atoms with van der Waals surface area (Å²) < 4.78 is 4.12. The molecule has 7 nitrogen and oxygen atoms in total. The molecule has 0 aliphatic rings. The summed E-state index contributed by atoms with van der Waals surface area (Å²) in [6.45, 7) is 1.77. The standard InChI is InChI=1S/C15H13Br2N5O2/c1-8-5-9(16)3-4-10(8)19-11(23)6-22-7-18-14-12(15(22)24)13(17)20-21(14)2/h3-5,7H,6H2,1-2H3,(H,19,23). The molecule has 1 N–H and O–H groups in total. The lowest BCUT2D eigenvalue weighted by molar-refractivity contribution is -0.116. The first-order chi connectivity index (χ1) is 11.4. The lowest BCUT2D eigenvalue weighted by atomic mass is 10.2. The minimum atomic E-state index is -0.317. The summed E-state index contributed by atoms with van der Waals surface area (Å²) in [6, 6.07) is 5.55. The normalized spacial score (nSPS) is 11.0. The van der Waals surface area contributed by atoms with Crippen molar-refractivity contribution in [1.29, 1.82) is 0 Å². The van der Waals surface area contributed by atoms with E-state index in [0.717, 1.165) is 10.0 Å². The Balaban J connectivity index is 1.87. The maximum Gasteiger partial charge on any atom is 0.266 e. The number of halogens is 2. The number of hydrogen-bond donors (Lipinski definition) is 1. The number of hydrogen-bond acceptors (Lipinski definition) is 4. The molecule has 24 heavy (non-hydrogen) atoms. The number of benzene rings is 1. The molecule has 0 bridgehead atoms. The summed E-state index contributed by atoms with van der Waals surface area (Å²) in [5, 5.41) is 7.27. The fraction of sp³-hybridized carbons (Fsp3) is 0.200. The number of carbonyl (C=O) groups is 1. The van der Waals surface area contributed by atoms with Crippen molar-refractivity contribution in [2.24, 2.45) is 7.05 Å². The Labute approximate surface area is 153 Å². The van der Waals surface area contributed by atoms with Crippen molar-refractivity contribution in [2.45, 2.75) is 13.5 Å². The predicted molar refractivity (Wildman–Crippen MR) is 98.0 cm³/mol. The van der Waals surface area contributed by atoms with E-state index in [0.29, 0.717) is 21.3 Å². The largest absolute Gasteiger partial charge is 0.324 e. The van der Waals surface area contributed by atoms with E-state index >= 15 is 0 Å². The number of carbonyl (C=O) groups excluding carboxylic acids is 1. The van der Waals surface area contributed by atoms with Crippen LogP contribution in [0.4, 0.5) is 5.69 Å². The summed E-state index contributed by atoms with van der Waals surface area (Å²) in [5.41, 5.74) is 1.77. The first-order valence-electron chi connectivity index (χ1n) is 7.00. The fourth-order valence-corrected chi connectivity index (χ4v) is 3.42. The molecule has 1 amide bonds. The molecule has 0 saturated heterocycles. The third-order valence-corrected chi connectivity index (χ3v) is 4.59. The van der Waals surface area contributed by atoms with E-state index in [1.807, 2.05) is 19.1 Å². The van der Waals surface area contributed by atoms with Gasteiger partial charge in [0.15, 0.2) is 5.65 Å². The van der Waals surface area contributed by atoms with E-state index < -0.39 is 0 Å². The van der Waals surface area contributed by atoms with Gasteiger partial charge in [0.25, 0.3) is 5.56 Å². The fourth-order valence-electron chi connectivity index (χ4n) is 2.36. The smallest absolute Gasteiger partial charge is 0.266 e. The Kier molecular flexibility index (Phi) is 4.55. The molecule has 0 unspecified atom stereocenters. The molecule has 0 radical (unpaired) electrons. The number of aromatic nitrogens is 4.